The van der Waals surface area contributed by atoms with Gasteiger partial charge >= 0.3 is 0 Å². The molecule has 0 aromatic heterocycles. The van der Waals surface area contributed by atoms with Crippen molar-refractivity contribution in [2.75, 3.05) is 18.9 Å². The van der Waals surface area contributed by atoms with Gasteiger partial charge in [-0.1, -0.05) is 31.9 Å². The van der Waals surface area contributed by atoms with Gasteiger partial charge in [-0.2, -0.15) is 4.31 Å². The van der Waals surface area contributed by atoms with Crippen LogP contribution in [0.15, 0.2) is 29.2 Å². The molecule has 1 aliphatic carbocycles. The summed E-state index contributed by atoms with van der Waals surface area (Å²) < 4.78 is 27.5. The minimum Gasteiger partial charge on any atom is -0.384 e. The molecule has 1 N–H and O–H groups in total. The van der Waals surface area contributed by atoms with Gasteiger partial charge in [0.1, 0.15) is 4.90 Å². The monoisotopic (exact) mass is 310 g/mol. The van der Waals surface area contributed by atoms with Gasteiger partial charge in [-0.15, -0.1) is 0 Å². The summed E-state index contributed by atoms with van der Waals surface area (Å²) >= 11 is 0. The van der Waals surface area contributed by atoms with Gasteiger partial charge in [0.15, 0.2) is 0 Å². The summed E-state index contributed by atoms with van der Waals surface area (Å²) in [6.45, 7) is 4.83. The van der Waals surface area contributed by atoms with E-state index >= 15 is 0 Å². The highest BCUT2D eigenvalue weighted by atomic mass is 32.2. The SMILES string of the molecule is CCNc1ccccc1S(=O)(=O)N(C)C1CCCCC1C. The van der Waals surface area contributed by atoms with Crippen LogP contribution in [-0.4, -0.2) is 32.4 Å². The molecule has 0 bridgehead atoms. The maximum absolute atomic E-state index is 13.0. The van der Waals surface area contributed by atoms with Gasteiger partial charge in [0.25, 0.3) is 0 Å². The molecule has 0 spiro atoms. The predicted octanol–water partition coefficient (Wildman–Crippen LogP) is 3.32. The highest BCUT2D eigenvalue weighted by molar-refractivity contribution is 7.89. The average Bonchev–Trinajstić information content (AvgIpc) is 2.48. The van der Waals surface area contributed by atoms with Crippen molar-refractivity contribution in [2.45, 2.75) is 50.5 Å². The molecule has 1 saturated carbocycles. The van der Waals surface area contributed by atoms with Crippen molar-refractivity contribution < 1.29 is 8.42 Å². The van der Waals surface area contributed by atoms with Crippen LogP contribution in [0.2, 0.25) is 0 Å². The fraction of sp³-hybridized carbons (Fsp3) is 0.625. The van der Waals surface area contributed by atoms with Gasteiger partial charge < -0.3 is 5.32 Å². The lowest BCUT2D eigenvalue weighted by molar-refractivity contribution is 0.213. The topological polar surface area (TPSA) is 49.4 Å². The molecule has 0 radical (unpaired) electrons. The molecule has 21 heavy (non-hydrogen) atoms. The molecule has 118 valence electrons. The van der Waals surface area contributed by atoms with Crippen molar-refractivity contribution in [2.24, 2.45) is 5.92 Å². The molecular formula is C16H26N2O2S. The van der Waals surface area contributed by atoms with E-state index in [1.54, 1.807) is 23.5 Å². The van der Waals surface area contributed by atoms with Crippen LogP contribution in [0.4, 0.5) is 5.69 Å². The fourth-order valence-electron chi connectivity index (χ4n) is 3.20. The number of sulfonamides is 1. The van der Waals surface area contributed by atoms with E-state index in [9.17, 15) is 8.42 Å². The zero-order valence-corrected chi connectivity index (χ0v) is 14.0. The molecular weight excluding hydrogens is 284 g/mol. The van der Waals surface area contributed by atoms with Gasteiger partial charge in [0.05, 0.1) is 5.69 Å². The molecule has 4 nitrogen and oxygen atoms in total. The Labute approximate surface area is 128 Å². The number of hydrogen-bond donors (Lipinski definition) is 1. The molecule has 0 saturated heterocycles. The number of rotatable bonds is 5. The summed E-state index contributed by atoms with van der Waals surface area (Å²) in [5.74, 6) is 0.421. The molecule has 0 amide bonds. The largest absolute Gasteiger partial charge is 0.384 e. The Kier molecular flexibility index (Phi) is 5.27. The number of nitrogens with one attached hydrogen (secondary N) is 1. The van der Waals surface area contributed by atoms with Crippen molar-refractivity contribution >= 4 is 15.7 Å². The Bertz CT molecular complexity index is 571. The first-order chi connectivity index (χ1) is 9.98. The highest BCUT2D eigenvalue weighted by Gasteiger charge is 2.33. The van der Waals surface area contributed by atoms with E-state index in [0.717, 1.165) is 19.3 Å². The average molecular weight is 310 g/mol. The van der Waals surface area contributed by atoms with Crippen molar-refractivity contribution in [1.29, 1.82) is 0 Å². The molecule has 2 atom stereocenters. The second-order valence-electron chi connectivity index (χ2n) is 5.88. The molecule has 1 fully saturated rings. The summed E-state index contributed by atoms with van der Waals surface area (Å²) in [4.78, 5) is 0.382. The van der Waals surface area contributed by atoms with E-state index in [-0.39, 0.29) is 6.04 Å². The quantitative estimate of drug-likeness (QED) is 0.907. The van der Waals surface area contributed by atoms with Crippen molar-refractivity contribution in [3.63, 3.8) is 0 Å². The van der Waals surface area contributed by atoms with Crippen LogP contribution >= 0.6 is 0 Å². The first-order valence-corrected chi connectivity index (χ1v) is 9.23. The van der Waals surface area contributed by atoms with Gasteiger partial charge in [-0.05, 0) is 37.8 Å². The molecule has 1 aromatic carbocycles. The predicted molar refractivity (Wildman–Crippen MR) is 87.0 cm³/mol. The molecule has 0 aliphatic heterocycles. The minimum atomic E-state index is -3.45. The maximum Gasteiger partial charge on any atom is 0.245 e. The van der Waals surface area contributed by atoms with Crippen molar-refractivity contribution in [3.8, 4) is 0 Å². The third kappa shape index (κ3) is 3.40. The van der Waals surface area contributed by atoms with Gasteiger partial charge in [-0.25, -0.2) is 8.42 Å². The first-order valence-electron chi connectivity index (χ1n) is 7.79. The normalized spacial score (nSPS) is 23.2. The number of para-hydroxylation sites is 1. The molecule has 1 aliphatic rings. The zero-order valence-electron chi connectivity index (χ0n) is 13.2. The van der Waals surface area contributed by atoms with E-state index in [4.69, 9.17) is 0 Å². The molecule has 1 aromatic rings. The van der Waals surface area contributed by atoms with Gasteiger partial charge in [-0.3, -0.25) is 0 Å². The van der Waals surface area contributed by atoms with Crippen LogP contribution in [0, 0.1) is 5.92 Å². The minimum absolute atomic E-state index is 0.110. The maximum atomic E-state index is 13.0. The fourth-order valence-corrected chi connectivity index (χ4v) is 4.85. The van der Waals surface area contributed by atoms with Crippen LogP contribution in [0.25, 0.3) is 0 Å². The summed E-state index contributed by atoms with van der Waals surface area (Å²) in [5, 5.41) is 3.15. The van der Waals surface area contributed by atoms with E-state index < -0.39 is 10.0 Å². The van der Waals surface area contributed by atoms with Crippen LogP contribution in [0.3, 0.4) is 0 Å². The van der Waals surface area contributed by atoms with Crippen LogP contribution < -0.4 is 5.32 Å². The smallest absolute Gasteiger partial charge is 0.245 e. The number of nitrogens with zero attached hydrogens (tertiary/aromatic N) is 1. The zero-order chi connectivity index (χ0) is 15.5. The third-order valence-electron chi connectivity index (χ3n) is 4.44. The van der Waals surface area contributed by atoms with E-state index in [1.165, 1.54) is 6.42 Å². The second-order valence-corrected chi connectivity index (χ2v) is 7.84. The summed E-state index contributed by atoms with van der Waals surface area (Å²) in [7, 11) is -1.73. The summed E-state index contributed by atoms with van der Waals surface area (Å²) in [6.07, 6.45) is 4.39. The van der Waals surface area contributed by atoms with Crippen LogP contribution in [-0.2, 0) is 10.0 Å². The first kappa shape index (κ1) is 16.3. The Balaban J connectivity index is 2.32. The lowest BCUT2D eigenvalue weighted by Gasteiger charge is -2.35. The lowest BCUT2D eigenvalue weighted by Crippen LogP contribution is -2.42. The Morgan fingerprint density at radius 2 is 1.90 bits per heavy atom. The van der Waals surface area contributed by atoms with Crippen molar-refractivity contribution in [1.82, 2.24) is 4.31 Å². The van der Waals surface area contributed by atoms with Gasteiger partial charge in [0.2, 0.25) is 10.0 Å². The van der Waals surface area contributed by atoms with E-state index in [2.05, 4.69) is 12.2 Å². The van der Waals surface area contributed by atoms with Gasteiger partial charge in [0, 0.05) is 19.6 Å². The Morgan fingerprint density at radius 1 is 1.24 bits per heavy atom. The Morgan fingerprint density at radius 3 is 2.57 bits per heavy atom. The van der Waals surface area contributed by atoms with E-state index in [0.29, 0.717) is 23.0 Å². The molecule has 2 unspecified atom stereocenters. The van der Waals surface area contributed by atoms with Crippen LogP contribution in [0.1, 0.15) is 39.5 Å². The number of hydrogen-bond acceptors (Lipinski definition) is 3. The third-order valence-corrected chi connectivity index (χ3v) is 6.39. The lowest BCUT2D eigenvalue weighted by atomic mass is 9.86. The highest BCUT2D eigenvalue weighted by Crippen LogP contribution is 2.32. The standard InChI is InChI=1S/C16H26N2O2S/c1-4-17-14-10-6-8-12-16(14)21(19,20)18(3)15-11-7-5-9-13(15)2/h6,8,10,12-13,15,17H,4-5,7,9,11H2,1-3H3. The molecule has 0 heterocycles. The number of anilines is 1. The summed E-state index contributed by atoms with van der Waals surface area (Å²) in [6, 6.07) is 7.27. The van der Waals surface area contributed by atoms with E-state index in [1.807, 2.05) is 19.1 Å². The second kappa shape index (κ2) is 6.79. The van der Waals surface area contributed by atoms with Crippen molar-refractivity contribution in [3.05, 3.63) is 24.3 Å². The molecule has 2 rings (SSSR count). The van der Waals surface area contributed by atoms with Crippen LogP contribution in [0.5, 0.6) is 0 Å². The molecule has 5 heteroatoms. The summed E-state index contributed by atoms with van der Waals surface area (Å²) in [5.41, 5.74) is 0.690. The number of benzene rings is 1. The Hall–Kier alpha value is -1.07.